The lowest BCUT2D eigenvalue weighted by molar-refractivity contribution is 0.290. The van der Waals surface area contributed by atoms with Gasteiger partial charge in [0.15, 0.2) is 11.6 Å². The average Bonchev–Trinajstić information content (AvgIpc) is 2.37. The lowest BCUT2D eigenvalue weighted by Crippen LogP contribution is -1.97. The highest BCUT2D eigenvalue weighted by molar-refractivity contribution is 6.30. The molecule has 0 aliphatic rings. The number of rotatable bonds is 3. The van der Waals surface area contributed by atoms with Crippen LogP contribution in [0.1, 0.15) is 11.1 Å². The van der Waals surface area contributed by atoms with E-state index in [1.807, 2.05) is 12.1 Å². The van der Waals surface area contributed by atoms with Crippen molar-refractivity contribution in [1.29, 1.82) is 5.26 Å². The zero-order valence-corrected chi connectivity index (χ0v) is 10.1. The molecule has 0 spiro atoms. The van der Waals surface area contributed by atoms with Crippen molar-refractivity contribution in [3.8, 4) is 11.8 Å². The van der Waals surface area contributed by atoms with Gasteiger partial charge in [0.05, 0.1) is 11.6 Å². The van der Waals surface area contributed by atoms with Crippen LogP contribution in [0.3, 0.4) is 0 Å². The normalized spacial score (nSPS) is 9.83. The van der Waals surface area contributed by atoms with Crippen molar-refractivity contribution in [3.63, 3.8) is 0 Å². The highest BCUT2D eigenvalue weighted by Crippen LogP contribution is 2.20. The van der Waals surface area contributed by atoms with Crippen molar-refractivity contribution in [2.75, 3.05) is 0 Å². The Labute approximate surface area is 109 Å². The summed E-state index contributed by atoms with van der Waals surface area (Å²) in [5.74, 6) is -0.426. The van der Waals surface area contributed by atoms with E-state index < -0.39 is 5.82 Å². The van der Waals surface area contributed by atoms with Gasteiger partial charge in [0.25, 0.3) is 0 Å². The Bertz CT molecular complexity index is 607. The Kier molecular flexibility index (Phi) is 3.81. The molecule has 90 valence electrons. The maximum absolute atomic E-state index is 13.5. The summed E-state index contributed by atoms with van der Waals surface area (Å²) in [7, 11) is 0. The van der Waals surface area contributed by atoms with Crippen LogP contribution in [0.15, 0.2) is 42.5 Å². The fourth-order valence-corrected chi connectivity index (χ4v) is 1.69. The van der Waals surface area contributed by atoms with Crippen LogP contribution in [0.5, 0.6) is 5.75 Å². The first-order chi connectivity index (χ1) is 8.69. The molecule has 2 nitrogen and oxygen atoms in total. The summed E-state index contributed by atoms with van der Waals surface area (Å²) in [4.78, 5) is 0. The van der Waals surface area contributed by atoms with E-state index in [-0.39, 0.29) is 17.9 Å². The van der Waals surface area contributed by atoms with E-state index in [4.69, 9.17) is 21.6 Å². The summed E-state index contributed by atoms with van der Waals surface area (Å²) < 4.78 is 18.9. The number of benzene rings is 2. The number of ether oxygens (including phenoxy) is 1. The maximum atomic E-state index is 13.5. The second-order valence-corrected chi connectivity index (χ2v) is 4.11. The smallest absolute Gasteiger partial charge is 0.166 e. The lowest BCUT2D eigenvalue weighted by atomic mass is 10.2. The highest BCUT2D eigenvalue weighted by Gasteiger charge is 2.05. The van der Waals surface area contributed by atoms with Crippen LogP contribution in [0.25, 0.3) is 0 Å². The number of nitrogens with zero attached hydrogens (tertiary/aromatic N) is 1. The average molecular weight is 262 g/mol. The topological polar surface area (TPSA) is 33.0 Å². The Balaban J connectivity index is 2.09. The summed E-state index contributed by atoms with van der Waals surface area (Å²) in [6.45, 7) is 0.226. The molecule has 0 heterocycles. The van der Waals surface area contributed by atoms with Gasteiger partial charge in [0.2, 0.25) is 0 Å². The number of hydrogen-bond acceptors (Lipinski definition) is 2. The number of hydrogen-bond donors (Lipinski definition) is 0. The minimum absolute atomic E-state index is 0.119. The largest absolute Gasteiger partial charge is 0.486 e. The third-order valence-corrected chi connectivity index (χ3v) is 2.58. The lowest BCUT2D eigenvalue weighted by Gasteiger charge is -2.07. The van der Waals surface area contributed by atoms with Crippen LogP contribution >= 0.6 is 11.6 Å². The molecule has 0 aliphatic heterocycles. The minimum atomic E-state index is -0.545. The molecule has 2 aromatic rings. The molecule has 0 radical (unpaired) electrons. The third kappa shape index (κ3) is 2.99. The number of nitriles is 1. The first-order valence-electron chi connectivity index (χ1n) is 5.26. The first kappa shape index (κ1) is 12.4. The molecule has 0 amide bonds. The van der Waals surface area contributed by atoms with Crippen LogP contribution in [0.4, 0.5) is 4.39 Å². The molecule has 18 heavy (non-hydrogen) atoms. The molecule has 2 aromatic carbocycles. The third-order valence-electron chi connectivity index (χ3n) is 2.34. The predicted molar refractivity (Wildman–Crippen MR) is 66.9 cm³/mol. The van der Waals surface area contributed by atoms with Crippen LogP contribution in [-0.4, -0.2) is 0 Å². The Morgan fingerprint density at radius 2 is 2.06 bits per heavy atom. The van der Waals surface area contributed by atoms with E-state index in [9.17, 15) is 4.39 Å². The van der Waals surface area contributed by atoms with E-state index in [2.05, 4.69) is 0 Å². The quantitative estimate of drug-likeness (QED) is 0.839. The zero-order valence-electron chi connectivity index (χ0n) is 9.36. The molecule has 0 N–H and O–H groups in total. The van der Waals surface area contributed by atoms with Gasteiger partial charge in [-0.25, -0.2) is 4.39 Å². The molecule has 2 rings (SSSR count). The van der Waals surface area contributed by atoms with Gasteiger partial charge < -0.3 is 4.74 Å². The van der Waals surface area contributed by atoms with Crippen molar-refractivity contribution >= 4 is 11.6 Å². The molecule has 0 saturated heterocycles. The van der Waals surface area contributed by atoms with E-state index in [1.54, 1.807) is 18.2 Å². The van der Waals surface area contributed by atoms with Crippen molar-refractivity contribution < 1.29 is 9.13 Å². The zero-order chi connectivity index (χ0) is 13.0. The second kappa shape index (κ2) is 5.52. The monoisotopic (exact) mass is 261 g/mol. The molecule has 0 fully saturated rings. The molecule has 0 bridgehead atoms. The van der Waals surface area contributed by atoms with Crippen molar-refractivity contribution in [1.82, 2.24) is 0 Å². The Morgan fingerprint density at radius 3 is 2.72 bits per heavy atom. The van der Waals surface area contributed by atoms with E-state index in [0.717, 1.165) is 11.6 Å². The van der Waals surface area contributed by atoms with Gasteiger partial charge in [-0.15, -0.1) is 0 Å². The van der Waals surface area contributed by atoms with Gasteiger partial charge in [0, 0.05) is 5.02 Å². The molecule has 0 aliphatic carbocycles. The first-order valence-corrected chi connectivity index (χ1v) is 5.64. The molecule has 4 heteroatoms. The molecule has 0 atom stereocenters. The van der Waals surface area contributed by atoms with Gasteiger partial charge in [0.1, 0.15) is 6.61 Å². The van der Waals surface area contributed by atoms with Gasteiger partial charge in [-0.1, -0.05) is 23.7 Å². The number of halogens is 2. The van der Waals surface area contributed by atoms with Gasteiger partial charge in [-0.3, -0.25) is 0 Å². The summed E-state index contributed by atoms with van der Waals surface area (Å²) in [6.07, 6.45) is 0. The summed E-state index contributed by atoms with van der Waals surface area (Å²) in [5.41, 5.74) is 1.12. The van der Waals surface area contributed by atoms with E-state index in [1.165, 1.54) is 12.1 Å². The molecule has 0 unspecified atom stereocenters. The second-order valence-electron chi connectivity index (χ2n) is 3.68. The Morgan fingerprint density at radius 1 is 1.22 bits per heavy atom. The van der Waals surface area contributed by atoms with Gasteiger partial charge >= 0.3 is 0 Å². The predicted octanol–water partition coefficient (Wildman–Crippen LogP) is 3.93. The Hall–Kier alpha value is -2.05. The van der Waals surface area contributed by atoms with E-state index in [0.29, 0.717) is 5.02 Å². The minimum Gasteiger partial charge on any atom is -0.486 e. The van der Waals surface area contributed by atoms with E-state index >= 15 is 0 Å². The summed E-state index contributed by atoms with van der Waals surface area (Å²) in [5, 5.41) is 9.23. The SMILES string of the molecule is N#Cc1ccc(OCc2cccc(Cl)c2)c(F)c1. The van der Waals surface area contributed by atoms with Crippen LogP contribution in [0.2, 0.25) is 5.02 Å². The fourth-order valence-electron chi connectivity index (χ4n) is 1.48. The molecular formula is C14H9ClFNO. The molecule has 0 saturated carbocycles. The van der Waals surface area contributed by atoms with Gasteiger partial charge in [-0.05, 0) is 35.9 Å². The van der Waals surface area contributed by atoms with Gasteiger partial charge in [-0.2, -0.15) is 5.26 Å². The highest BCUT2D eigenvalue weighted by atomic mass is 35.5. The summed E-state index contributed by atoms with van der Waals surface area (Å²) in [6, 6.07) is 13.1. The van der Waals surface area contributed by atoms with Crippen molar-refractivity contribution in [2.24, 2.45) is 0 Å². The molecular weight excluding hydrogens is 253 g/mol. The van der Waals surface area contributed by atoms with Crippen LogP contribution < -0.4 is 4.74 Å². The van der Waals surface area contributed by atoms with Crippen LogP contribution in [-0.2, 0) is 6.61 Å². The standard InChI is InChI=1S/C14H9ClFNO/c15-12-3-1-2-11(6-12)9-18-14-5-4-10(8-17)7-13(14)16/h1-7H,9H2. The summed E-state index contributed by atoms with van der Waals surface area (Å²) >= 11 is 5.83. The van der Waals surface area contributed by atoms with Crippen LogP contribution in [0, 0.1) is 17.1 Å². The van der Waals surface area contributed by atoms with Crippen molar-refractivity contribution in [2.45, 2.75) is 6.61 Å². The molecule has 0 aromatic heterocycles. The maximum Gasteiger partial charge on any atom is 0.166 e. The van der Waals surface area contributed by atoms with Crippen molar-refractivity contribution in [3.05, 3.63) is 64.4 Å². The fraction of sp³-hybridized carbons (Fsp3) is 0.0714.